The first kappa shape index (κ1) is 9.20. The Hall–Kier alpha value is -1.37. The van der Waals surface area contributed by atoms with Gasteiger partial charge in [0.15, 0.2) is 5.70 Å². The van der Waals surface area contributed by atoms with Gasteiger partial charge in [0, 0.05) is 11.4 Å². The molecule has 2 heteroatoms. The third-order valence-electron chi connectivity index (χ3n) is 3.01. The van der Waals surface area contributed by atoms with Crippen LogP contribution in [-0.4, -0.2) is 23.9 Å². The Morgan fingerprint density at radius 2 is 2.07 bits per heavy atom. The van der Waals surface area contributed by atoms with E-state index in [-0.39, 0.29) is 0 Å². The lowest BCUT2D eigenvalue weighted by atomic mass is 10.0. The zero-order valence-electron chi connectivity index (χ0n) is 8.46. The van der Waals surface area contributed by atoms with Gasteiger partial charge >= 0.3 is 0 Å². The van der Waals surface area contributed by atoms with Crippen LogP contribution in [0.5, 0.6) is 0 Å². The molecule has 1 aromatic rings. The summed E-state index contributed by atoms with van der Waals surface area (Å²) in [5.41, 5.74) is 2.45. The van der Waals surface area contributed by atoms with Gasteiger partial charge in [-0.1, -0.05) is 30.3 Å². The summed E-state index contributed by atoms with van der Waals surface area (Å²) in [6.45, 7) is 2.12. The number of rotatable bonds is 2. The molecule has 0 amide bonds. The number of hydrogen-bond acceptors (Lipinski definition) is 1. The van der Waals surface area contributed by atoms with Crippen LogP contribution in [-0.2, 0) is 6.54 Å². The summed E-state index contributed by atoms with van der Waals surface area (Å²) in [6.07, 6.45) is 1.03. The molecule has 1 heterocycles. The highest BCUT2D eigenvalue weighted by molar-refractivity contribution is 5.52. The van der Waals surface area contributed by atoms with Crippen LogP contribution in [0, 0.1) is 5.41 Å². The third-order valence-corrected chi connectivity index (χ3v) is 3.01. The Balaban J connectivity index is 2.16. The lowest BCUT2D eigenvalue weighted by Crippen LogP contribution is -2.51. The van der Waals surface area contributed by atoms with Gasteiger partial charge in [-0.3, -0.25) is 9.89 Å². The highest BCUT2D eigenvalue weighted by atomic mass is 15.4. The standard InChI is InChI=1S/C12H15N2/c1-14(8-7-12(14)9-13)10-11-5-3-2-4-6-11/h2-6,13H,7-8,10H2,1H3/q+1. The predicted molar refractivity (Wildman–Crippen MR) is 57.1 cm³/mol. The zero-order chi connectivity index (χ0) is 10.0. The number of nitrogens with zero attached hydrogens (tertiary/aromatic N) is 1. The number of benzene rings is 1. The van der Waals surface area contributed by atoms with Crippen LogP contribution in [0.2, 0.25) is 0 Å². The summed E-state index contributed by atoms with van der Waals surface area (Å²) in [6, 6.07) is 10.4. The maximum absolute atomic E-state index is 7.18. The SMILES string of the molecule is C[N+]1(Cc2ccccc2)CCC1=C=N. The minimum atomic E-state index is 0.869. The molecule has 0 aliphatic carbocycles. The summed E-state index contributed by atoms with van der Waals surface area (Å²) in [5, 5.41) is 7.18. The molecule has 0 aromatic heterocycles. The van der Waals surface area contributed by atoms with E-state index in [2.05, 4.69) is 37.2 Å². The van der Waals surface area contributed by atoms with Gasteiger partial charge in [-0.15, -0.1) is 0 Å². The molecule has 1 atom stereocenters. The van der Waals surface area contributed by atoms with Gasteiger partial charge in [0.2, 0.25) is 0 Å². The summed E-state index contributed by atoms with van der Waals surface area (Å²) in [4.78, 5) is 0. The Morgan fingerprint density at radius 3 is 2.57 bits per heavy atom. The number of nitrogens with one attached hydrogen (secondary N) is 1. The van der Waals surface area contributed by atoms with E-state index in [1.807, 2.05) is 6.07 Å². The first-order chi connectivity index (χ1) is 6.74. The molecule has 1 saturated heterocycles. The fraction of sp³-hybridized carbons (Fsp3) is 0.333. The second-order valence-corrected chi connectivity index (χ2v) is 4.08. The van der Waals surface area contributed by atoms with Gasteiger partial charge in [-0.25, -0.2) is 0 Å². The van der Waals surface area contributed by atoms with Crippen molar-refractivity contribution in [2.24, 2.45) is 0 Å². The highest BCUT2D eigenvalue weighted by Gasteiger charge is 2.37. The highest BCUT2D eigenvalue weighted by Crippen LogP contribution is 2.30. The molecule has 0 bridgehead atoms. The molecule has 2 rings (SSSR count). The molecule has 0 spiro atoms. The van der Waals surface area contributed by atoms with Crippen molar-refractivity contribution >= 4 is 5.87 Å². The van der Waals surface area contributed by atoms with Crippen LogP contribution in [0.1, 0.15) is 12.0 Å². The van der Waals surface area contributed by atoms with Gasteiger partial charge in [0.25, 0.3) is 0 Å². The van der Waals surface area contributed by atoms with Crippen molar-refractivity contribution in [1.82, 2.24) is 0 Å². The molecule has 0 saturated carbocycles. The summed E-state index contributed by atoms with van der Waals surface area (Å²) in [7, 11) is 2.17. The quantitative estimate of drug-likeness (QED) is 0.542. The molecule has 1 N–H and O–H groups in total. The molecule has 2 nitrogen and oxygen atoms in total. The molecule has 1 fully saturated rings. The minimum Gasteiger partial charge on any atom is -0.285 e. The normalized spacial score (nSPS) is 25.4. The van der Waals surface area contributed by atoms with Crippen molar-refractivity contribution in [2.45, 2.75) is 13.0 Å². The van der Waals surface area contributed by atoms with E-state index in [0.717, 1.165) is 29.7 Å². The van der Waals surface area contributed by atoms with Crippen molar-refractivity contribution in [3.63, 3.8) is 0 Å². The molecule has 1 aliphatic heterocycles. The molecule has 1 aliphatic rings. The average Bonchev–Trinajstić information content (AvgIpc) is 2.18. The second-order valence-electron chi connectivity index (χ2n) is 4.08. The van der Waals surface area contributed by atoms with Crippen molar-refractivity contribution in [1.29, 1.82) is 5.41 Å². The lowest BCUT2D eigenvalue weighted by Gasteiger charge is -2.42. The topological polar surface area (TPSA) is 23.9 Å². The first-order valence-corrected chi connectivity index (χ1v) is 4.92. The van der Waals surface area contributed by atoms with E-state index in [0.29, 0.717) is 0 Å². The van der Waals surface area contributed by atoms with Crippen LogP contribution >= 0.6 is 0 Å². The summed E-state index contributed by atoms with van der Waals surface area (Å²) < 4.78 is 0.869. The van der Waals surface area contributed by atoms with Crippen molar-refractivity contribution < 1.29 is 4.48 Å². The monoisotopic (exact) mass is 187 g/mol. The van der Waals surface area contributed by atoms with Crippen LogP contribution in [0.15, 0.2) is 36.0 Å². The lowest BCUT2D eigenvalue weighted by molar-refractivity contribution is -0.917. The Bertz CT molecular complexity index is 377. The van der Waals surface area contributed by atoms with Gasteiger partial charge < -0.3 is 0 Å². The Labute approximate surface area is 84.6 Å². The van der Waals surface area contributed by atoms with E-state index in [1.54, 1.807) is 0 Å². The van der Waals surface area contributed by atoms with Crippen LogP contribution < -0.4 is 0 Å². The van der Waals surface area contributed by atoms with Crippen LogP contribution in [0.25, 0.3) is 0 Å². The fourth-order valence-electron chi connectivity index (χ4n) is 1.96. The van der Waals surface area contributed by atoms with Gasteiger partial charge in [0.1, 0.15) is 6.54 Å². The van der Waals surface area contributed by atoms with Crippen LogP contribution in [0.4, 0.5) is 0 Å². The van der Waals surface area contributed by atoms with Crippen molar-refractivity contribution in [3.05, 3.63) is 41.6 Å². The molecule has 72 valence electrons. The zero-order valence-corrected chi connectivity index (χ0v) is 8.46. The first-order valence-electron chi connectivity index (χ1n) is 4.92. The third kappa shape index (κ3) is 1.50. The summed E-state index contributed by atoms with van der Waals surface area (Å²) in [5.74, 6) is 2.55. The molecule has 0 radical (unpaired) electrons. The molecular weight excluding hydrogens is 172 g/mol. The van der Waals surface area contributed by atoms with E-state index >= 15 is 0 Å². The Kier molecular flexibility index (Phi) is 2.24. The largest absolute Gasteiger partial charge is 0.285 e. The van der Waals surface area contributed by atoms with Gasteiger partial charge in [0.05, 0.1) is 20.0 Å². The maximum atomic E-state index is 7.18. The van der Waals surface area contributed by atoms with Gasteiger partial charge in [-0.2, -0.15) is 0 Å². The van der Waals surface area contributed by atoms with Crippen molar-refractivity contribution in [2.75, 3.05) is 13.6 Å². The summed E-state index contributed by atoms with van der Waals surface area (Å²) >= 11 is 0. The number of hydrogen-bond donors (Lipinski definition) is 1. The minimum absolute atomic E-state index is 0.869. The average molecular weight is 187 g/mol. The molecular formula is C12H15N2+. The Morgan fingerprint density at radius 1 is 1.36 bits per heavy atom. The predicted octanol–water partition coefficient (Wildman–Crippen LogP) is 2.17. The molecule has 1 aromatic carbocycles. The second kappa shape index (κ2) is 3.41. The number of quaternary nitrogens is 1. The smallest absolute Gasteiger partial charge is 0.176 e. The molecule has 14 heavy (non-hydrogen) atoms. The van der Waals surface area contributed by atoms with Crippen LogP contribution in [0.3, 0.4) is 0 Å². The van der Waals surface area contributed by atoms with E-state index in [4.69, 9.17) is 5.41 Å². The molecule has 1 unspecified atom stereocenters. The van der Waals surface area contributed by atoms with E-state index in [9.17, 15) is 0 Å². The number of likely N-dealkylation sites (tertiary alicyclic amines) is 1. The fourth-order valence-corrected chi connectivity index (χ4v) is 1.96. The van der Waals surface area contributed by atoms with E-state index < -0.39 is 0 Å². The maximum Gasteiger partial charge on any atom is 0.176 e. The van der Waals surface area contributed by atoms with Crippen molar-refractivity contribution in [3.8, 4) is 0 Å². The van der Waals surface area contributed by atoms with E-state index in [1.165, 1.54) is 5.56 Å². The van der Waals surface area contributed by atoms with Gasteiger partial charge in [-0.05, 0) is 0 Å².